The van der Waals surface area contributed by atoms with Crippen LogP contribution in [-0.2, 0) is 4.79 Å². The minimum Gasteiger partial charge on any atom is -0.497 e. The molecule has 0 fully saturated rings. The third-order valence-electron chi connectivity index (χ3n) is 5.18. The molecule has 0 aliphatic carbocycles. The highest BCUT2D eigenvalue weighted by atomic mass is 32.1. The number of ether oxygens (including phenoxy) is 1. The molecule has 0 radical (unpaired) electrons. The van der Waals surface area contributed by atoms with E-state index in [0.29, 0.717) is 0 Å². The fourth-order valence-corrected chi connectivity index (χ4v) is 4.27. The number of carbonyl (C=O) groups excluding carboxylic acids is 1. The van der Waals surface area contributed by atoms with Crippen LogP contribution in [-0.4, -0.2) is 18.0 Å². The summed E-state index contributed by atoms with van der Waals surface area (Å²) < 4.78 is 5.27. The van der Waals surface area contributed by atoms with Gasteiger partial charge in [0.25, 0.3) is 0 Å². The number of rotatable bonds is 8. The van der Waals surface area contributed by atoms with Crippen LogP contribution < -0.4 is 15.4 Å². The van der Waals surface area contributed by atoms with Gasteiger partial charge in [0.1, 0.15) is 5.75 Å². The molecule has 3 aromatic carbocycles. The van der Waals surface area contributed by atoms with Gasteiger partial charge in [-0.2, -0.15) is 0 Å². The maximum absolute atomic E-state index is 12.9. The van der Waals surface area contributed by atoms with Gasteiger partial charge in [-0.3, -0.25) is 4.79 Å². The Bertz CT molecular complexity index is 1190. The Morgan fingerprint density at radius 3 is 2.56 bits per heavy atom. The first-order valence-electron chi connectivity index (χ1n) is 10.5. The zero-order valence-corrected chi connectivity index (χ0v) is 18.9. The smallest absolute Gasteiger partial charge is 0.231 e. The third kappa shape index (κ3) is 5.15. The molecular weight excluding hydrogens is 418 g/mol. The number of carbonyl (C=O) groups is 1. The molecular formula is C26H25N3O2S. The summed E-state index contributed by atoms with van der Waals surface area (Å²) in [6.45, 7) is 2.03. The molecule has 0 aliphatic heterocycles. The Morgan fingerprint density at radius 2 is 1.78 bits per heavy atom. The summed E-state index contributed by atoms with van der Waals surface area (Å²) in [4.78, 5) is 17.6. The number of nitrogens with zero attached hydrogens (tertiary/aromatic N) is 1. The van der Waals surface area contributed by atoms with Crippen molar-refractivity contribution in [2.24, 2.45) is 0 Å². The molecule has 32 heavy (non-hydrogen) atoms. The standard InChI is InChI=1S/C26H25N3O2S/c1-3-23(18-9-5-4-6-10-18)25(30)27-20-12-7-11-19(15-20)24-17-32-26(29-24)28-21-13-8-14-22(16-21)31-2/h4-17,23H,3H2,1-2H3,(H,27,30)(H,28,29)/t23-/m1/s1. The average molecular weight is 444 g/mol. The van der Waals surface area contributed by atoms with Crippen LogP contribution in [0.2, 0.25) is 0 Å². The van der Waals surface area contributed by atoms with Crippen molar-refractivity contribution < 1.29 is 9.53 Å². The van der Waals surface area contributed by atoms with Gasteiger partial charge in [0, 0.05) is 28.4 Å². The Hall–Kier alpha value is -3.64. The van der Waals surface area contributed by atoms with Crippen molar-refractivity contribution in [2.45, 2.75) is 19.3 Å². The lowest BCUT2D eigenvalue weighted by molar-refractivity contribution is -0.117. The van der Waals surface area contributed by atoms with E-state index in [9.17, 15) is 4.79 Å². The summed E-state index contributed by atoms with van der Waals surface area (Å²) >= 11 is 1.53. The quantitative estimate of drug-likeness (QED) is 0.318. The number of aromatic nitrogens is 1. The average Bonchev–Trinajstić information content (AvgIpc) is 3.29. The molecule has 0 bridgehead atoms. The number of hydrogen-bond donors (Lipinski definition) is 2. The summed E-state index contributed by atoms with van der Waals surface area (Å²) in [5, 5.41) is 9.17. The van der Waals surface area contributed by atoms with E-state index >= 15 is 0 Å². The van der Waals surface area contributed by atoms with Gasteiger partial charge in [-0.05, 0) is 36.2 Å². The van der Waals surface area contributed by atoms with Crippen molar-refractivity contribution in [2.75, 3.05) is 17.7 Å². The topological polar surface area (TPSA) is 63.2 Å². The molecule has 1 atom stereocenters. The minimum atomic E-state index is -0.183. The number of methoxy groups -OCH3 is 1. The van der Waals surface area contributed by atoms with Crippen LogP contribution in [0, 0.1) is 0 Å². The van der Waals surface area contributed by atoms with E-state index < -0.39 is 0 Å². The number of nitrogens with one attached hydrogen (secondary N) is 2. The lowest BCUT2D eigenvalue weighted by Gasteiger charge is -2.15. The first-order valence-corrected chi connectivity index (χ1v) is 11.4. The van der Waals surface area contributed by atoms with Crippen LogP contribution in [0.4, 0.5) is 16.5 Å². The maximum atomic E-state index is 12.9. The molecule has 5 nitrogen and oxygen atoms in total. The van der Waals surface area contributed by atoms with Gasteiger partial charge >= 0.3 is 0 Å². The normalized spacial score (nSPS) is 11.6. The zero-order valence-electron chi connectivity index (χ0n) is 18.0. The number of benzene rings is 3. The SMILES string of the molecule is CC[C@@H](C(=O)Nc1cccc(-c2csc(Nc3cccc(OC)c3)n2)c1)c1ccccc1. The number of anilines is 3. The molecule has 4 rings (SSSR count). The summed E-state index contributed by atoms with van der Waals surface area (Å²) in [7, 11) is 1.65. The Kier molecular flexibility index (Phi) is 6.82. The summed E-state index contributed by atoms with van der Waals surface area (Å²) in [6, 6.07) is 25.4. The molecule has 0 saturated carbocycles. The van der Waals surface area contributed by atoms with Crippen LogP contribution in [0.1, 0.15) is 24.8 Å². The predicted molar refractivity (Wildman–Crippen MR) is 132 cm³/mol. The second kappa shape index (κ2) is 10.1. The van der Waals surface area contributed by atoms with Crippen molar-refractivity contribution in [1.29, 1.82) is 0 Å². The second-order valence-corrected chi connectivity index (χ2v) is 8.19. The molecule has 0 spiro atoms. The molecule has 1 aromatic heterocycles. The molecule has 1 amide bonds. The fraction of sp³-hybridized carbons (Fsp3) is 0.154. The van der Waals surface area contributed by atoms with Gasteiger partial charge in [-0.25, -0.2) is 4.98 Å². The van der Waals surface area contributed by atoms with Gasteiger partial charge in [0.2, 0.25) is 5.91 Å². The fourth-order valence-electron chi connectivity index (χ4n) is 3.53. The molecule has 2 N–H and O–H groups in total. The van der Waals surface area contributed by atoms with Gasteiger partial charge < -0.3 is 15.4 Å². The molecule has 0 aliphatic rings. The van der Waals surface area contributed by atoms with Gasteiger partial charge in [0.15, 0.2) is 5.13 Å². The van der Waals surface area contributed by atoms with Crippen molar-refractivity contribution in [3.8, 4) is 17.0 Å². The third-order valence-corrected chi connectivity index (χ3v) is 5.94. The van der Waals surface area contributed by atoms with Gasteiger partial charge in [-0.15, -0.1) is 11.3 Å². The predicted octanol–water partition coefficient (Wildman–Crippen LogP) is 6.69. The van der Waals surface area contributed by atoms with E-state index in [4.69, 9.17) is 9.72 Å². The number of amides is 1. The van der Waals surface area contributed by atoms with E-state index in [-0.39, 0.29) is 11.8 Å². The largest absolute Gasteiger partial charge is 0.497 e. The van der Waals surface area contributed by atoms with Crippen molar-refractivity contribution in [3.63, 3.8) is 0 Å². The zero-order chi connectivity index (χ0) is 22.3. The van der Waals surface area contributed by atoms with E-state index in [1.54, 1.807) is 7.11 Å². The first-order chi connectivity index (χ1) is 15.7. The number of thiazole rings is 1. The van der Waals surface area contributed by atoms with Crippen LogP contribution >= 0.6 is 11.3 Å². The Labute approximate surface area is 192 Å². The van der Waals surface area contributed by atoms with Crippen LogP contribution in [0.15, 0.2) is 84.2 Å². The van der Waals surface area contributed by atoms with E-state index in [0.717, 1.165) is 45.5 Å². The molecule has 4 aromatic rings. The molecule has 0 saturated heterocycles. The minimum absolute atomic E-state index is 0.00508. The van der Waals surface area contributed by atoms with Crippen molar-refractivity contribution >= 4 is 33.8 Å². The van der Waals surface area contributed by atoms with Crippen LogP contribution in [0.5, 0.6) is 5.75 Å². The monoisotopic (exact) mass is 443 g/mol. The highest BCUT2D eigenvalue weighted by Gasteiger charge is 2.18. The van der Waals surface area contributed by atoms with Crippen LogP contribution in [0.25, 0.3) is 11.3 Å². The maximum Gasteiger partial charge on any atom is 0.231 e. The highest BCUT2D eigenvalue weighted by Crippen LogP contribution is 2.30. The molecule has 162 valence electrons. The van der Waals surface area contributed by atoms with Crippen molar-refractivity contribution in [3.05, 3.63) is 89.8 Å². The van der Waals surface area contributed by atoms with E-state index in [2.05, 4.69) is 10.6 Å². The van der Waals surface area contributed by atoms with E-state index in [1.807, 2.05) is 91.2 Å². The van der Waals surface area contributed by atoms with Crippen LogP contribution in [0.3, 0.4) is 0 Å². The molecule has 6 heteroatoms. The Balaban J connectivity index is 1.48. The van der Waals surface area contributed by atoms with Crippen molar-refractivity contribution in [1.82, 2.24) is 4.98 Å². The molecule has 0 unspecified atom stereocenters. The Morgan fingerprint density at radius 1 is 1.00 bits per heavy atom. The summed E-state index contributed by atoms with van der Waals surface area (Å²) in [5.41, 5.74) is 4.50. The number of hydrogen-bond acceptors (Lipinski definition) is 5. The van der Waals surface area contributed by atoms with E-state index in [1.165, 1.54) is 11.3 Å². The summed E-state index contributed by atoms with van der Waals surface area (Å²) in [5.74, 6) is 0.600. The lowest BCUT2D eigenvalue weighted by atomic mass is 9.95. The molecule has 1 heterocycles. The van der Waals surface area contributed by atoms with Gasteiger partial charge in [0.05, 0.1) is 18.7 Å². The first kappa shape index (κ1) is 21.6. The summed E-state index contributed by atoms with van der Waals surface area (Å²) in [6.07, 6.45) is 0.737. The highest BCUT2D eigenvalue weighted by molar-refractivity contribution is 7.14. The lowest BCUT2D eigenvalue weighted by Crippen LogP contribution is -2.20. The second-order valence-electron chi connectivity index (χ2n) is 7.34. The van der Waals surface area contributed by atoms with Gasteiger partial charge in [-0.1, -0.05) is 55.5 Å².